The number of alkyl halides is 1. The third kappa shape index (κ3) is 3.08. The minimum absolute atomic E-state index is 0.370. The van der Waals surface area contributed by atoms with E-state index in [9.17, 15) is 8.42 Å². The maximum Gasteiger partial charge on any atom is 0.154 e. The fourth-order valence-electron chi connectivity index (χ4n) is 1.27. The summed E-state index contributed by atoms with van der Waals surface area (Å²) < 4.78 is 22.3. The summed E-state index contributed by atoms with van der Waals surface area (Å²) in [5, 5.41) is 0.122. The molecule has 0 spiro atoms. The van der Waals surface area contributed by atoms with Crippen LogP contribution in [0.3, 0.4) is 0 Å². The normalized spacial score (nSPS) is 14.7. The van der Waals surface area contributed by atoms with E-state index in [-0.39, 0.29) is 0 Å². The molecule has 0 saturated heterocycles. The first kappa shape index (κ1) is 15.1. The van der Waals surface area contributed by atoms with Crippen molar-refractivity contribution in [3.8, 4) is 0 Å². The Labute approximate surface area is 117 Å². The van der Waals surface area contributed by atoms with Gasteiger partial charge in [0.15, 0.2) is 9.84 Å². The summed E-state index contributed by atoms with van der Waals surface area (Å²) in [5.74, 6) is 0. The van der Waals surface area contributed by atoms with Gasteiger partial charge in [0.1, 0.15) is 0 Å². The maximum atomic E-state index is 11.7. The van der Waals surface area contributed by atoms with Crippen molar-refractivity contribution < 1.29 is 8.42 Å². The van der Waals surface area contributed by atoms with Crippen LogP contribution in [-0.2, 0) is 9.84 Å². The van der Waals surface area contributed by atoms with Gasteiger partial charge in [-0.1, -0.05) is 29.3 Å². The van der Waals surface area contributed by atoms with Gasteiger partial charge >= 0.3 is 0 Å². The van der Waals surface area contributed by atoms with E-state index in [1.54, 1.807) is 32.0 Å². The first-order valence-corrected chi connectivity index (χ1v) is 7.94. The molecule has 0 radical (unpaired) electrons. The van der Waals surface area contributed by atoms with Crippen molar-refractivity contribution in [1.29, 1.82) is 0 Å². The molecule has 0 aliphatic rings. The molecule has 17 heavy (non-hydrogen) atoms. The van der Waals surface area contributed by atoms with E-state index < -0.39 is 20.0 Å². The van der Waals surface area contributed by atoms with Gasteiger partial charge in [0, 0.05) is 16.3 Å². The summed E-state index contributed by atoms with van der Waals surface area (Å²) in [6.45, 7) is 3.15. The van der Waals surface area contributed by atoms with Crippen molar-refractivity contribution >= 4 is 44.6 Å². The zero-order valence-corrected chi connectivity index (χ0v) is 12.8. The average molecular weight is 316 g/mol. The highest BCUT2D eigenvalue weighted by Gasteiger charge is 2.39. The van der Waals surface area contributed by atoms with Crippen molar-refractivity contribution in [1.82, 2.24) is 0 Å². The highest BCUT2D eigenvalue weighted by molar-refractivity contribution is 7.92. The van der Waals surface area contributed by atoms with Gasteiger partial charge in [-0.15, -0.1) is 11.6 Å². The van der Waals surface area contributed by atoms with E-state index in [0.29, 0.717) is 15.6 Å². The van der Waals surface area contributed by atoms with Crippen LogP contribution in [0.15, 0.2) is 18.2 Å². The van der Waals surface area contributed by atoms with E-state index in [4.69, 9.17) is 34.8 Å². The number of hydrogen-bond donors (Lipinski definition) is 0. The van der Waals surface area contributed by atoms with E-state index in [1.165, 1.54) is 0 Å². The second-order valence-electron chi connectivity index (χ2n) is 4.40. The molecule has 0 fully saturated rings. The Balaban J connectivity index is 3.26. The molecule has 1 rings (SSSR count). The van der Waals surface area contributed by atoms with Crippen LogP contribution in [0.5, 0.6) is 0 Å². The molecular weight excluding hydrogens is 303 g/mol. The topological polar surface area (TPSA) is 34.1 Å². The molecule has 96 valence electrons. The SMILES string of the molecule is CC(C)(C(Cl)c1ccc(Cl)cc1Cl)S(C)(=O)=O. The lowest BCUT2D eigenvalue weighted by Crippen LogP contribution is -2.35. The van der Waals surface area contributed by atoms with Crippen LogP contribution in [0.1, 0.15) is 24.8 Å². The van der Waals surface area contributed by atoms with Gasteiger partial charge in [0.2, 0.25) is 0 Å². The van der Waals surface area contributed by atoms with Crippen LogP contribution in [0.25, 0.3) is 0 Å². The monoisotopic (exact) mass is 314 g/mol. The van der Waals surface area contributed by atoms with Gasteiger partial charge in [-0.3, -0.25) is 0 Å². The van der Waals surface area contributed by atoms with Crippen molar-refractivity contribution in [3.63, 3.8) is 0 Å². The Hall–Kier alpha value is 0.0400. The van der Waals surface area contributed by atoms with Crippen molar-refractivity contribution in [2.45, 2.75) is 24.0 Å². The lowest BCUT2D eigenvalue weighted by Gasteiger charge is -2.28. The first-order valence-electron chi connectivity index (χ1n) is 4.86. The van der Waals surface area contributed by atoms with E-state index in [0.717, 1.165) is 6.26 Å². The van der Waals surface area contributed by atoms with Gasteiger partial charge in [-0.25, -0.2) is 8.42 Å². The summed E-state index contributed by atoms with van der Waals surface area (Å²) in [7, 11) is -3.30. The molecule has 6 heteroatoms. The Morgan fingerprint density at radius 1 is 1.24 bits per heavy atom. The molecule has 2 nitrogen and oxygen atoms in total. The molecule has 1 unspecified atom stereocenters. The predicted octanol–water partition coefficient (Wildman–Crippen LogP) is 4.10. The number of hydrogen-bond acceptors (Lipinski definition) is 2. The molecule has 1 aromatic carbocycles. The largest absolute Gasteiger partial charge is 0.229 e. The van der Waals surface area contributed by atoms with Crippen molar-refractivity contribution in [2.75, 3.05) is 6.26 Å². The zero-order valence-electron chi connectivity index (χ0n) is 9.67. The van der Waals surface area contributed by atoms with Gasteiger partial charge in [-0.2, -0.15) is 0 Å². The van der Waals surface area contributed by atoms with Crippen LogP contribution in [0.2, 0.25) is 10.0 Å². The van der Waals surface area contributed by atoms with E-state index in [1.807, 2.05) is 0 Å². The number of rotatable bonds is 3. The standard InChI is InChI=1S/C11H13Cl3O2S/c1-11(2,17(3,15)16)10(14)8-5-4-7(12)6-9(8)13/h4-6,10H,1-3H3. The third-order valence-corrected chi connectivity index (χ3v) is 6.42. The van der Waals surface area contributed by atoms with E-state index in [2.05, 4.69) is 0 Å². The van der Waals surface area contributed by atoms with Crippen molar-refractivity contribution in [3.05, 3.63) is 33.8 Å². The summed E-state index contributed by atoms with van der Waals surface area (Å²) >= 11 is 18.0. The van der Waals surface area contributed by atoms with Gasteiger partial charge in [0.05, 0.1) is 10.1 Å². The molecule has 0 bridgehead atoms. The average Bonchev–Trinajstić information content (AvgIpc) is 2.14. The zero-order chi connectivity index (χ0) is 13.4. The maximum absolute atomic E-state index is 11.7. The second kappa shape index (κ2) is 4.96. The molecule has 0 amide bonds. The fraction of sp³-hybridized carbons (Fsp3) is 0.455. The van der Waals surface area contributed by atoms with Crippen LogP contribution >= 0.6 is 34.8 Å². The summed E-state index contributed by atoms with van der Waals surface area (Å²) in [6, 6.07) is 4.83. The van der Waals surface area contributed by atoms with Gasteiger partial charge < -0.3 is 0 Å². The molecule has 0 heterocycles. The molecular formula is C11H13Cl3O2S. The minimum Gasteiger partial charge on any atom is -0.229 e. The van der Waals surface area contributed by atoms with E-state index >= 15 is 0 Å². The molecule has 1 atom stereocenters. The van der Waals surface area contributed by atoms with Crippen molar-refractivity contribution in [2.24, 2.45) is 0 Å². The van der Waals surface area contributed by atoms with Gasteiger partial charge in [0.25, 0.3) is 0 Å². The number of halogens is 3. The lowest BCUT2D eigenvalue weighted by molar-refractivity contribution is 0.544. The fourth-order valence-corrected chi connectivity index (χ4v) is 3.02. The highest BCUT2D eigenvalue weighted by Crippen LogP contribution is 2.41. The van der Waals surface area contributed by atoms with Gasteiger partial charge in [-0.05, 0) is 31.5 Å². The second-order valence-corrected chi connectivity index (χ2v) is 8.28. The Kier molecular flexibility index (Phi) is 4.41. The van der Waals surface area contributed by atoms with Crippen LogP contribution in [0, 0.1) is 0 Å². The first-order chi connectivity index (χ1) is 7.57. The molecule has 0 aliphatic heterocycles. The van der Waals surface area contributed by atoms with Crippen LogP contribution < -0.4 is 0 Å². The lowest BCUT2D eigenvalue weighted by atomic mass is 10.0. The third-order valence-electron chi connectivity index (χ3n) is 2.80. The summed E-state index contributed by atoms with van der Waals surface area (Å²) in [5.41, 5.74) is 0.563. The quantitative estimate of drug-likeness (QED) is 0.787. The molecule has 1 aromatic rings. The predicted molar refractivity (Wildman–Crippen MR) is 74.0 cm³/mol. The Morgan fingerprint density at radius 3 is 2.18 bits per heavy atom. The smallest absolute Gasteiger partial charge is 0.154 e. The number of benzene rings is 1. The molecule has 0 aliphatic carbocycles. The molecule has 0 saturated carbocycles. The Morgan fingerprint density at radius 2 is 1.76 bits per heavy atom. The highest BCUT2D eigenvalue weighted by atomic mass is 35.5. The van der Waals surface area contributed by atoms with Crippen LogP contribution in [0.4, 0.5) is 0 Å². The molecule has 0 N–H and O–H groups in total. The summed E-state index contributed by atoms with van der Waals surface area (Å²) in [6.07, 6.45) is 1.16. The minimum atomic E-state index is -3.30. The summed E-state index contributed by atoms with van der Waals surface area (Å²) in [4.78, 5) is 0. The van der Waals surface area contributed by atoms with Crippen LogP contribution in [-0.4, -0.2) is 19.4 Å². The number of sulfone groups is 1. The Bertz CT molecular complexity index is 524. The molecule has 0 aromatic heterocycles.